The van der Waals surface area contributed by atoms with Crippen LogP contribution < -0.4 is 4.90 Å². The molecule has 7 heteroatoms. The molecule has 1 fully saturated rings. The maximum atomic E-state index is 16.0. The van der Waals surface area contributed by atoms with Crippen LogP contribution in [0.2, 0.25) is 5.02 Å². The summed E-state index contributed by atoms with van der Waals surface area (Å²) in [5.41, 5.74) is 1.16. The second-order valence-corrected chi connectivity index (χ2v) is 10.4. The Balaban J connectivity index is 1.63. The summed E-state index contributed by atoms with van der Waals surface area (Å²) < 4.78 is 20.6. The van der Waals surface area contributed by atoms with Crippen LogP contribution >= 0.6 is 23.1 Å². The average molecular weight is 496 g/mol. The van der Waals surface area contributed by atoms with E-state index in [9.17, 15) is 5.11 Å². The van der Waals surface area contributed by atoms with Gasteiger partial charge in [-0.15, -0.1) is 6.58 Å². The van der Waals surface area contributed by atoms with Gasteiger partial charge in [-0.2, -0.15) is 4.37 Å². The molecule has 4 nitrogen and oxygen atoms in total. The standard InChI is InChI=1S/C27H27ClFN3OS/c1-4-9-31-10-11-32(23(15-31)16(2)3)27-21-14-22(28)24(25(29)26(21)30-34-27)20-13-18(33)12-17-7-5-6-8-19(17)20/h4-8,12-14,16,23,33H,1,9-11,15H2,2-3H3/t23-/m1/s1. The molecule has 1 aliphatic rings. The Kier molecular flexibility index (Phi) is 6.23. The first kappa shape index (κ1) is 23.1. The van der Waals surface area contributed by atoms with Gasteiger partial charge in [-0.3, -0.25) is 4.90 Å². The van der Waals surface area contributed by atoms with Gasteiger partial charge in [0.1, 0.15) is 16.3 Å². The molecule has 1 aromatic heterocycles. The zero-order chi connectivity index (χ0) is 24.0. The van der Waals surface area contributed by atoms with Crippen molar-refractivity contribution in [2.24, 2.45) is 5.92 Å². The first-order chi connectivity index (χ1) is 16.4. The largest absolute Gasteiger partial charge is 0.508 e. The fraction of sp³-hybridized carbons (Fsp3) is 0.296. The lowest BCUT2D eigenvalue weighted by Gasteiger charge is -2.43. The number of aromatic hydroxyl groups is 1. The topological polar surface area (TPSA) is 39.6 Å². The highest BCUT2D eigenvalue weighted by Gasteiger charge is 2.32. The van der Waals surface area contributed by atoms with E-state index in [0.717, 1.165) is 47.3 Å². The van der Waals surface area contributed by atoms with Gasteiger partial charge in [-0.25, -0.2) is 4.39 Å². The number of phenolic OH excluding ortho intramolecular Hbond substituents is 1. The number of halogens is 2. The quantitative estimate of drug-likeness (QED) is 0.304. The Morgan fingerprint density at radius 3 is 2.79 bits per heavy atom. The van der Waals surface area contributed by atoms with E-state index in [0.29, 0.717) is 22.0 Å². The van der Waals surface area contributed by atoms with Gasteiger partial charge in [0.25, 0.3) is 0 Å². The monoisotopic (exact) mass is 495 g/mol. The van der Waals surface area contributed by atoms with Crippen LogP contribution in [0, 0.1) is 11.7 Å². The van der Waals surface area contributed by atoms with E-state index in [1.165, 1.54) is 11.5 Å². The third-order valence-corrected chi connectivity index (χ3v) is 7.88. The van der Waals surface area contributed by atoms with Crippen molar-refractivity contribution in [1.29, 1.82) is 0 Å². The molecule has 0 bridgehead atoms. The molecule has 1 aliphatic heterocycles. The zero-order valence-electron chi connectivity index (χ0n) is 19.3. The first-order valence-electron chi connectivity index (χ1n) is 11.5. The van der Waals surface area contributed by atoms with E-state index in [4.69, 9.17) is 11.6 Å². The fourth-order valence-corrected chi connectivity index (χ4v) is 6.23. The van der Waals surface area contributed by atoms with E-state index in [1.54, 1.807) is 12.1 Å². The predicted molar refractivity (Wildman–Crippen MR) is 142 cm³/mol. The van der Waals surface area contributed by atoms with Gasteiger partial charge in [0.15, 0.2) is 5.82 Å². The summed E-state index contributed by atoms with van der Waals surface area (Å²) in [6.07, 6.45) is 1.94. The average Bonchev–Trinajstić information content (AvgIpc) is 3.23. The van der Waals surface area contributed by atoms with E-state index in [-0.39, 0.29) is 17.4 Å². The summed E-state index contributed by atoms with van der Waals surface area (Å²) in [5.74, 6) is 0.0376. The van der Waals surface area contributed by atoms with Crippen molar-refractivity contribution < 1.29 is 9.50 Å². The molecule has 0 unspecified atom stereocenters. The lowest BCUT2D eigenvalue weighted by molar-refractivity contribution is 0.218. The van der Waals surface area contributed by atoms with Gasteiger partial charge >= 0.3 is 0 Å². The molecule has 1 saturated heterocycles. The van der Waals surface area contributed by atoms with Crippen LogP contribution in [0.3, 0.4) is 0 Å². The van der Waals surface area contributed by atoms with Gasteiger partial charge in [-0.05, 0) is 52.0 Å². The molecule has 34 heavy (non-hydrogen) atoms. The number of hydrogen-bond acceptors (Lipinski definition) is 5. The van der Waals surface area contributed by atoms with Gasteiger partial charge in [0, 0.05) is 43.2 Å². The van der Waals surface area contributed by atoms with Crippen LogP contribution in [0.25, 0.3) is 32.8 Å². The van der Waals surface area contributed by atoms with Crippen LogP contribution in [0.4, 0.5) is 9.39 Å². The number of hydrogen-bond donors (Lipinski definition) is 1. The molecular formula is C27H27ClFN3OS. The number of nitrogens with zero attached hydrogens (tertiary/aromatic N) is 3. The van der Waals surface area contributed by atoms with Crippen molar-refractivity contribution in [1.82, 2.24) is 9.27 Å². The second kappa shape index (κ2) is 9.17. The second-order valence-electron chi connectivity index (χ2n) is 9.20. The SMILES string of the molecule is C=CCN1CCN(c2snc3c(F)c(-c4cc(O)cc5ccccc45)c(Cl)cc23)[C@@H](C(C)C)C1. The lowest BCUT2D eigenvalue weighted by atomic mass is 9.96. The third kappa shape index (κ3) is 3.94. The van der Waals surface area contributed by atoms with Crippen LogP contribution in [-0.2, 0) is 0 Å². The van der Waals surface area contributed by atoms with Crippen molar-refractivity contribution in [2.75, 3.05) is 31.1 Å². The highest BCUT2D eigenvalue weighted by Crippen LogP contribution is 2.44. The van der Waals surface area contributed by atoms with E-state index in [1.807, 2.05) is 36.4 Å². The molecule has 4 aromatic rings. The van der Waals surface area contributed by atoms with Crippen LogP contribution in [0.5, 0.6) is 5.75 Å². The summed E-state index contributed by atoms with van der Waals surface area (Å²) in [6, 6.07) is 12.9. The number of anilines is 1. The Bertz CT molecular complexity index is 1390. The number of rotatable bonds is 5. The number of benzene rings is 3. The third-order valence-electron chi connectivity index (χ3n) is 6.68. The van der Waals surface area contributed by atoms with E-state index in [2.05, 4.69) is 34.6 Å². The van der Waals surface area contributed by atoms with Gasteiger partial charge in [0.2, 0.25) is 0 Å². The molecule has 2 heterocycles. The maximum absolute atomic E-state index is 16.0. The fourth-order valence-electron chi connectivity index (χ4n) is 5.00. The Hall–Kier alpha value is -2.67. The molecule has 1 N–H and O–H groups in total. The molecule has 0 amide bonds. The van der Waals surface area contributed by atoms with Crippen LogP contribution in [0.15, 0.2) is 55.1 Å². The van der Waals surface area contributed by atoms with Crippen molar-refractivity contribution in [3.8, 4) is 16.9 Å². The molecule has 5 rings (SSSR count). The minimum atomic E-state index is -0.452. The molecule has 0 saturated carbocycles. The summed E-state index contributed by atoms with van der Waals surface area (Å²) >= 11 is 8.07. The molecule has 0 spiro atoms. The van der Waals surface area contributed by atoms with Crippen molar-refractivity contribution in [3.63, 3.8) is 0 Å². The van der Waals surface area contributed by atoms with Gasteiger partial charge in [0.05, 0.1) is 5.02 Å². The highest BCUT2D eigenvalue weighted by molar-refractivity contribution is 7.11. The van der Waals surface area contributed by atoms with Crippen molar-refractivity contribution in [2.45, 2.75) is 19.9 Å². The van der Waals surface area contributed by atoms with E-state index >= 15 is 4.39 Å². The number of fused-ring (bicyclic) bond motifs is 2. The van der Waals surface area contributed by atoms with Crippen LogP contribution in [-0.4, -0.2) is 46.6 Å². The Morgan fingerprint density at radius 1 is 1.24 bits per heavy atom. The summed E-state index contributed by atoms with van der Waals surface area (Å²) in [5, 5.41) is 13.9. The first-order valence-corrected chi connectivity index (χ1v) is 12.6. The van der Waals surface area contributed by atoms with Crippen molar-refractivity contribution >= 4 is 49.8 Å². The molecule has 1 atom stereocenters. The minimum absolute atomic E-state index is 0.0698. The predicted octanol–water partition coefficient (Wildman–Crippen LogP) is 6.95. The molecular weight excluding hydrogens is 469 g/mol. The summed E-state index contributed by atoms with van der Waals surface area (Å²) in [4.78, 5) is 4.76. The van der Waals surface area contributed by atoms with Gasteiger partial charge in [-0.1, -0.05) is 55.8 Å². The number of phenols is 1. The molecule has 0 aliphatic carbocycles. The summed E-state index contributed by atoms with van der Waals surface area (Å²) in [7, 11) is 0. The molecule has 3 aromatic carbocycles. The lowest BCUT2D eigenvalue weighted by Crippen LogP contribution is -2.55. The number of piperazine rings is 1. The summed E-state index contributed by atoms with van der Waals surface area (Å²) in [6.45, 7) is 11.9. The Morgan fingerprint density at radius 2 is 2.03 bits per heavy atom. The maximum Gasteiger partial charge on any atom is 0.159 e. The highest BCUT2D eigenvalue weighted by atomic mass is 35.5. The molecule has 0 radical (unpaired) electrons. The van der Waals surface area contributed by atoms with E-state index < -0.39 is 5.82 Å². The van der Waals surface area contributed by atoms with Crippen molar-refractivity contribution in [3.05, 3.63) is 66.0 Å². The number of aromatic nitrogens is 1. The van der Waals surface area contributed by atoms with Crippen LogP contribution in [0.1, 0.15) is 13.8 Å². The van der Waals surface area contributed by atoms with Gasteiger partial charge < -0.3 is 10.0 Å². The zero-order valence-corrected chi connectivity index (χ0v) is 20.8. The minimum Gasteiger partial charge on any atom is -0.508 e. The normalized spacial score (nSPS) is 17.2. The smallest absolute Gasteiger partial charge is 0.159 e. The molecule has 176 valence electrons. The Labute approximate surface area is 208 Å².